The SMILES string of the molecule is CC(C)NS(=O)(=O)Cc1ccc(CNC(=O)[C@@H](C)Nc2nc3ccccc3s2)cc1. The van der Waals surface area contributed by atoms with Crippen LogP contribution in [0.5, 0.6) is 0 Å². The highest BCUT2D eigenvalue weighted by molar-refractivity contribution is 7.88. The van der Waals surface area contributed by atoms with E-state index in [9.17, 15) is 13.2 Å². The standard InChI is InChI=1S/C21H26N4O3S2/c1-14(2)25-30(27,28)13-17-10-8-16(9-11-17)12-22-20(26)15(3)23-21-24-18-6-4-5-7-19(18)29-21/h4-11,14-15,25H,12-13H2,1-3H3,(H,22,26)(H,23,24)/t15-/m1/s1. The molecule has 3 N–H and O–H groups in total. The predicted molar refractivity (Wildman–Crippen MR) is 122 cm³/mol. The zero-order valence-electron chi connectivity index (χ0n) is 17.2. The van der Waals surface area contributed by atoms with Gasteiger partial charge in [0.2, 0.25) is 15.9 Å². The molecule has 1 atom stereocenters. The Bertz CT molecular complexity index is 1080. The predicted octanol–water partition coefficient (Wildman–Crippen LogP) is 3.24. The lowest BCUT2D eigenvalue weighted by molar-refractivity contribution is -0.121. The molecule has 0 spiro atoms. The minimum atomic E-state index is -3.36. The average Bonchev–Trinajstić information content (AvgIpc) is 3.08. The molecular weight excluding hydrogens is 420 g/mol. The van der Waals surface area contributed by atoms with Crippen molar-refractivity contribution in [3.8, 4) is 0 Å². The first-order valence-corrected chi connectivity index (χ1v) is 12.2. The van der Waals surface area contributed by atoms with E-state index in [0.29, 0.717) is 17.2 Å². The summed E-state index contributed by atoms with van der Waals surface area (Å²) in [5.41, 5.74) is 2.50. The number of nitrogens with one attached hydrogen (secondary N) is 3. The lowest BCUT2D eigenvalue weighted by Gasteiger charge is -2.13. The van der Waals surface area contributed by atoms with Gasteiger partial charge in [0.1, 0.15) is 6.04 Å². The van der Waals surface area contributed by atoms with Crippen molar-refractivity contribution in [2.75, 3.05) is 5.32 Å². The summed E-state index contributed by atoms with van der Waals surface area (Å²) >= 11 is 1.51. The maximum Gasteiger partial charge on any atom is 0.242 e. The first kappa shape index (κ1) is 22.2. The van der Waals surface area contributed by atoms with Gasteiger partial charge in [-0.3, -0.25) is 4.79 Å². The third-order valence-corrected chi connectivity index (χ3v) is 6.80. The summed E-state index contributed by atoms with van der Waals surface area (Å²) in [6, 6.07) is 14.4. The molecule has 1 heterocycles. The van der Waals surface area contributed by atoms with E-state index in [4.69, 9.17) is 0 Å². The Balaban J connectivity index is 1.51. The summed E-state index contributed by atoms with van der Waals surface area (Å²) in [6.45, 7) is 5.73. The van der Waals surface area contributed by atoms with E-state index >= 15 is 0 Å². The molecule has 3 rings (SSSR count). The molecule has 0 bridgehead atoms. The van der Waals surface area contributed by atoms with E-state index in [-0.39, 0.29) is 17.7 Å². The number of para-hydroxylation sites is 1. The molecule has 1 amide bonds. The largest absolute Gasteiger partial charge is 0.350 e. The monoisotopic (exact) mass is 446 g/mol. The smallest absolute Gasteiger partial charge is 0.242 e. The molecule has 9 heteroatoms. The van der Waals surface area contributed by atoms with Crippen LogP contribution in [0.2, 0.25) is 0 Å². The summed E-state index contributed by atoms with van der Waals surface area (Å²) in [4.78, 5) is 16.9. The Kier molecular flexibility index (Phi) is 7.06. The molecule has 0 aliphatic heterocycles. The minimum Gasteiger partial charge on any atom is -0.350 e. The Labute approximate surface area is 181 Å². The van der Waals surface area contributed by atoms with Crippen molar-refractivity contribution in [2.45, 2.75) is 45.2 Å². The van der Waals surface area contributed by atoms with Gasteiger partial charge in [0, 0.05) is 12.6 Å². The highest BCUT2D eigenvalue weighted by Gasteiger charge is 2.15. The molecule has 1 aromatic heterocycles. The Morgan fingerprint density at radius 3 is 2.37 bits per heavy atom. The van der Waals surface area contributed by atoms with Crippen molar-refractivity contribution in [1.29, 1.82) is 0 Å². The third kappa shape index (κ3) is 6.25. The van der Waals surface area contributed by atoms with Gasteiger partial charge in [-0.15, -0.1) is 0 Å². The zero-order valence-corrected chi connectivity index (χ0v) is 18.8. The van der Waals surface area contributed by atoms with Gasteiger partial charge >= 0.3 is 0 Å². The lowest BCUT2D eigenvalue weighted by Crippen LogP contribution is -2.37. The molecule has 0 unspecified atom stereocenters. The van der Waals surface area contributed by atoms with E-state index in [1.165, 1.54) is 11.3 Å². The Morgan fingerprint density at radius 2 is 1.70 bits per heavy atom. The molecule has 2 aromatic carbocycles. The first-order chi connectivity index (χ1) is 14.2. The number of carbonyl (C=O) groups excluding carboxylic acids is 1. The molecule has 160 valence electrons. The van der Waals surface area contributed by atoms with Crippen LogP contribution >= 0.6 is 11.3 Å². The number of anilines is 1. The minimum absolute atomic E-state index is 0.0685. The van der Waals surface area contributed by atoms with Crippen molar-refractivity contribution in [3.63, 3.8) is 0 Å². The van der Waals surface area contributed by atoms with E-state index in [1.807, 2.05) is 36.4 Å². The van der Waals surface area contributed by atoms with Gasteiger partial charge in [-0.05, 0) is 44.0 Å². The third-order valence-electron chi connectivity index (χ3n) is 4.29. The van der Waals surface area contributed by atoms with Gasteiger partial charge in [0.05, 0.1) is 16.0 Å². The fraction of sp³-hybridized carbons (Fsp3) is 0.333. The number of fused-ring (bicyclic) bond motifs is 1. The van der Waals surface area contributed by atoms with Crippen LogP contribution in [0.15, 0.2) is 48.5 Å². The summed E-state index contributed by atoms with van der Waals surface area (Å²) < 4.78 is 27.7. The van der Waals surface area contributed by atoms with Gasteiger partial charge in [0.25, 0.3) is 0 Å². The van der Waals surface area contributed by atoms with Crippen LogP contribution in [0.1, 0.15) is 31.9 Å². The molecule has 0 aliphatic carbocycles. The van der Waals surface area contributed by atoms with Crippen molar-refractivity contribution >= 4 is 42.6 Å². The summed E-state index contributed by atoms with van der Waals surface area (Å²) in [5.74, 6) is -0.206. The highest BCUT2D eigenvalue weighted by atomic mass is 32.2. The zero-order chi connectivity index (χ0) is 21.7. The van der Waals surface area contributed by atoms with Gasteiger partial charge < -0.3 is 10.6 Å². The van der Waals surface area contributed by atoms with E-state index in [0.717, 1.165) is 15.8 Å². The number of thiazole rings is 1. The van der Waals surface area contributed by atoms with Crippen LogP contribution < -0.4 is 15.4 Å². The van der Waals surface area contributed by atoms with Crippen molar-refractivity contribution in [1.82, 2.24) is 15.0 Å². The molecule has 7 nitrogen and oxygen atoms in total. The summed E-state index contributed by atoms with van der Waals surface area (Å²) in [5, 5.41) is 6.74. The second-order valence-corrected chi connectivity index (χ2v) is 10.2. The van der Waals surface area contributed by atoms with Crippen molar-refractivity contribution < 1.29 is 13.2 Å². The van der Waals surface area contributed by atoms with Gasteiger partial charge in [-0.25, -0.2) is 18.1 Å². The number of amides is 1. The van der Waals surface area contributed by atoms with E-state index < -0.39 is 16.1 Å². The topological polar surface area (TPSA) is 100 Å². The second kappa shape index (κ2) is 9.55. The quantitative estimate of drug-likeness (QED) is 0.469. The molecule has 30 heavy (non-hydrogen) atoms. The number of nitrogens with zero attached hydrogens (tertiary/aromatic N) is 1. The Morgan fingerprint density at radius 1 is 1.03 bits per heavy atom. The van der Waals surface area contributed by atoms with Crippen LogP contribution in [-0.4, -0.2) is 31.4 Å². The molecule has 0 saturated heterocycles. The van der Waals surface area contributed by atoms with Crippen molar-refractivity contribution in [3.05, 3.63) is 59.7 Å². The number of carbonyl (C=O) groups is 1. The molecule has 3 aromatic rings. The molecule has 0 saturated carbocycles. The summed E-state index contributed by atoms with van der Waals surface area (Å²) in [7, 11) is -3.36. The number of benzene rings is 2. The highest BCUT2D eigenvalue weighted by Crippen LogP contribution is 2.25. The van der Waals surface area contributed by atoms with Crippen LogP contribution in [0.3, 0.4) is 0 Å². The number of aromatic nitrogens is 1. The summed E-state index contributed by atoms with van der Waals surface area (Å²) in [6.07, 6.45) is 0. The number of hydrogen-bond donors (Lipinski definition) is 3. The van der Waals surface area contributed by atoms with E-state index in [2.05, 4.69) is 20.3 Å². The van der Waals surface area contributed by atoms with Crippen LogP contribution in [0.25, 0.3) is 10.2 Å². The van der Waals surface area contributed by atoms with Crippen molar-refractivity contribution in [2.24, 2.45) is 0 Å². The number of rotatable bonds is 9. The number of hydrogen-bond acceptors (Lipinski definition) is 6. The average molecular weight is 447 g/mol. The van der Waals surface area contributed by atoms with Crippen LogP contribution in [0, 0.1) is 0 Å². The fourth-order valence-electron chi connectivity index (χ4n) is 2.90. The maximum absolute atomic E-state index is 12.4. The van der Waals surface area contributed by atoms with Crippen LogP contribution in [0.4, 0.5) is 5.13 Å². The number of sulfonamides is 1. The van der Waals surface area contributed by atoms with Gasteiger partial charge in [-0.2, -0.15) is 0 Å². The van der Waals surface area contributed by atoms with Gasteiger partial charge in [0.15, 0.2) is 5.13 Å². The normalized spacial score (nSPS) is 12.8. The van der Waals surface area contributed by atoms with E-state index in [1.54, 1.807) is 32.9 Å². The maximum atomic E-state index is 12.4. The fourth-order valence-corrected chi connectivity index (χ4v) is 5.29. The van der Waals surface area contributed by atoms with Gasteiger partial charge in [-0.1, -0.05) is 47.7 Å². The molecule has 0 fully saturated rings. The van der Waals surface area contributed by atoms with Crippen LogP contribution in [-0.2, 0) is 27.1 Å². The lowest BCUT2D eigenvalue weighted by atomic mass is 10.1. The molecule has 0 radical (unpaired) electrons. The Hall–Kier alpha value is -2.49. The molecule has 0 aliphatic rings. The first-order valence-electron chi connectivity index (χ1n) is 9.69. The second-order valence-electron chi connectivity index (χ2n) is 7.42. The molecular formula is C21H26N4O3S2.